The highest BCUT2D eigenvalue weighted by atomic mass is 127. The number of carbonyl (C=O) groups is 1. The first-order valence-electron chi connectivity index (χ1n) is 10.3. The van der Waals surface area contributed by atoms with Gasteiger partial charge >= 0.3 is 6.09 Å². The van der Waals surface area contributed by atoms with Crippen molar-refractivity contribution in [3.05, 3.63) is 0 Å². The first-order valence-corrected chi connectivity index (χ1v) is 10.3. The van der Waals surface area contributed by atoms with Gasteiger partial charge in [-0.25, -0.2) is 4.79 Å². The summed E-state index contributed by atoms with van der Waals surface area (Å²) in [4.78, 5) is 20.6. The lowest BCUT2D eigenvalue weighted by Crippen LogP contribution is -2.46. The van der Waals surface area contributed by atoms with Gasteiger partial charge < -0.3 is 25.2 Å². The van der Waals surface area contributed by atoms with E-state index >= 15 is 0 Å². The molecule has 0 fully saturated rings. The average Bonchev–Trinajstić information content (AvgIpc) is 2.59. The van der Waals surface area contributed by atoms with E-state index < -0.39 is 5.60 Å². The van der Waals surface area contributed by atoms with Gasteiger partial charge in [-0.15, -0.1) is 24.0 Å². The maximum absolute atomic E-state index is 12.2. The molecule has 1 unspecified atom stereocenters. The number of guanidine groups is 1. The SMILES string of the molecule is CCN(CC)CCCC(C)NC(=NC)NCCN(CC)C(=O)OC(C)(C)C.I. The predicted octanol–water partition coefficient (Wildman–Crippen LogP) is 3.54. The summed E-state index contributed by atoms with van der Waals surface area (Å²) in [6.07, 6.45) is 1.98. The normalized spacial score (nSPS) is 13.0. The van der Waals surface area contributed by atoms with Crippen molar-refractivity contribution in [2.75, 3.05) is 46.3 Å². The Kier molecular flexibility index (Phi) is 16.9. The lowest BCUT2D eigenvalue weighted by atomic mass is 10.2. The van der Waals surface area contributed by atoms with Crippen LogP contribution in [0.4, 0.5) is 4.79 Å². The number of ether oxygens (including phenoxy) is 1. The van der Waals surface area contributed by atoms with Crippen molar-refractivity contribution in [2.24, 2.45) is 4.99 Å². The third kappa shape index (κ3) is 14.3. The molecule has 0 radical (unpaired) electrons. The first-order chi connectivity index (χ1) is 12.7. The molecule has 168 valence electrons. The largest absolute Gasteiger partial charge is 0.444 e. The smallest absolute Gasteiger partial charge is 0.410 e. The fourth-order valence-corrected chi connectivity index (χ4v) is 2.68. The van der Waals surface area contributed by atoms with Gasteiger partial charge in [-0.2, -0.15) is 0 Å². The third-order valence-electron chi connectivity index (χ3n) is 4.32. The number of hydrogen-bond acceptors (Lipinski definition) is 4. The Morgan fingerprint density at radius 1 is 1.11 bits per heavy atom. The zero-order chi connectivity index (χ0) is 20.9. The summed E-state index contributed by atoms with van der Waals surface area (Å²) >= 11 is 0. The fourth-order valence-electron chi connectivity index (χ4n) is 2.68. The summed E-state index contributed by atoms with van der Waals surface area (Å²) < 4.78 is 5.43. The standard InChI is InChI=1S/C20H43N5O2.HI/c1-9-24(10-2)15-12-13-17(4)23-18(21-8)22-14-16-25(11-3)19(26)27-20(5,6)7;/h17H,9-16H2,1-8H3,(H2,21,22,23);1H. The summed E-state index contributed by atoms with van der Waals surface area (Å²) in [5, 5.41) is 6.70. The van der Waals surface area contributed by atoms with Gasteiger partial charge in [-0.05, 0) is 67.1 Å². The first kappa shape index (κ1) is 29.4. The number of carbonyl (C=O) groups excluding carboxylic acids is 1. The zero-order valence-corrected chi connectivity index (χ0v) is 21.6. The van der Waals surface area contributed by atoms with Gasteiger partial charge in [0.15, 0.2) is 5.96 Å². The van der Waals surface area contributed by atoms with E-state index in [9.17, 15) is 4.79 Å². The Hall–Kier alpha value is -0.770. The number of rotatable bonds is 11. The molecule has 0 rings (SSSR count). The van der Waals surface area contributed by atoms with Crippen molar-refractivity contribution in [1.29, 1.82) is 0 Å². The highest BCUT2D eigenvalue weighted by molar-refractivity contribution is 14.0. The monoisotopic (exact) mass is 513 g/mol. The molecular formula is C20H44IN5O2. The molecule has 0 aliphatic carbocycles. The second-order valence-corrected chi connectivity index (χ2v) is 7.77. The van der Waals surface area contributed by atoms with Gasteiger partial charge in [-0.3, -0.25) is 4.99 Å². The number of halogens is 1. The second kappa shape index (κ2) is 16.1. The summed E-state index contributed by atoms with van der Waals surface area (Å²) in [5.41, 5.74) is -0.476. The van der Waals surface area contributed by atoms with Crippen LogP contribution in [0.1, 0.15) is 61.3 Å². The Bertz CT molecular complexity index is 437. The van der Waals surface area contributed by atoms with E-state index in [2.05, 4.69) is 41.3 Å². The molecule has 8 heteroatoms. The van der Waals surface area contributed by atoms with Gasteiger partial charge in [-0.1, -0.05) is 13.8 Å². The number of amides is 1. The molecule has 0 saturated heterocycles. The molecule has 0 aromatic carbocycles. The molecule has 2 N–H and O–H groups in total. The molecule has 0 heterocycles. The number of nitrogens with one attached hydrogen (secondary N) is 2. The van der Waals surface area contributed by atoms with E-state index in [0.29, 0.717) is 25.7 Å². The van der Waals surface area contributed by atoms with Crippen LogP contribution in [-0.2, 0) is 4.74 Å². The number of hydrogen-bond donors (Lipinski definition) is 2. The van der Waals surface area contributed by atoms with Crippen molar-refractivity contribution in [1.82, 2.24) is 20.4 Å². The van der Waals surface area contributed by atoms with Crippen LogP contribution in [0.5, 0.6) is 0 Å². The van der Waals surface area contributed by atoms with Crippen LogP contribution < -0.4 is 10.6 Å². The van der Waals surface area contributed by atoms with Crippen LogP contribution >= 0.6 is 24.0 Å². The highest BCUT2D eigenvalue weighted by Crippen LogP contribution is 2.09. The maximum atomic E-state index is 12.2. The number of aliphatic imine (C=N–C) groups is 1. The van der Waals surface area contributed by atoms with Crippen LogP contribution in [-0.4, -0.2) is 79.8 Å². The van der Waals surface area contributed by atoms with Gasteiger partial charge in [0.1, 0.15) is 5.60 Å². The lowest BCUT2D eigenvalue weighted by molar-refractivity contribution is 0.0264. The Morgan fingerprint density at radius 3 is 2.18 bits per heavy atom. The maximum Gasteiger partial charge on any atom is 0.410 e. The number of likely N-dealkylation sites (N-methyl/N-ethyl adjacent to an activating group) is 1. The van der Waals surface area contributed by atoms with Gasteiger partial charge in [0.25, 0.3) is 0 Å². The van der Waals surface area contributed by atoms with Crippen molar-refractivity contribution in [3.63, 3.8) is 0 Å². The third-order valence-corrected chi connectivity index (χ3v) is 4.32. The summed E-state index contributed by atoms with van der Waals surface area (Å²) in [6.45, 7) is 19.3. The zero-order valence-electron chi connectivity index (χ0n) is 19.3. The predicted molar refractivity (Wildman–Crippen MR) is 130 cm³/mol. The second-order valence-electron chi connectivity index (χ2n) is 7.77. The minimum Gasteiger partial charge on any atom is -0.444 e. The molecule has 0 bridgehead atoms. The van der Waals surface area contributed by atoms with Gasteiger partial charge in [0.05, 0.1) is 0 Å². The van der Waals surface area contributed by atoms with E-state index in [1.165, 1.54) is 0 Å². The van der Waals surface area contributed by atoms with Crippen molar-refractivity contribution in [2.45, 2.75) is 73.0 Å². The van der Waals surface area contributed by atoms with Crippen LogP contribution in [0.3, 0.4) is 0 Å². The Morgan fingerprint density at radius 2 is 1.71 bits per heavy atom. The van der Waals surface area contributed by atoms with Crippen molar-refractivity contribution < 1.29 is 9.53 Å². The molecule has 1 atom stereocenters. The molecule has 0 spiro atoms. The quantitative estimate of drug-likeness (QED) is 0.251. The van der Waals surface area contributed by atoms with Gasteiger partial charge in [0.2, 0.25) is 0 Å². The molecule has 0 aromatic heterocycles. The molecule has 0 aliphatic rings. The minimum absolute atomic E-state index is 0. The number of nitrogens with zero attached hydrogens (tertiary/aromatic N) is 3. The Balaban J connectivity index is 0. The summed E-state index contributed by atoms with van der Waals surface area (Å²) in [7, 11) is 1.77. The molecule has 7 nitrogen and oxygen atoms in total. The molecule has 0 aromatic rings. The van der Waals surface area contributed by atoms with E-state index in [-0.39, 0.29) is 30.1 Å². The van der Waals surface area contributed by atoms with Crippen LogP contribution in [0.25, 0.3) is 0 Å². The van der Waals surface area contributed by atoms with Crippen molar-refractivity contribution >= 4 is 36.0 Å². The summed E-state index contributed by atoms with van der Waals surface area (Å²) in [5.74, 6) is 0.769. The Labute approximate surface area is 190 Å². The molecule has 28 heavy (non-hydrogen) atoms. The summed E-state index contributed by atoms with van der Waals surface area (Å²) in [6, 6.07) is 0.347. The fraction of sp³-hybridized carbons (Fsp3) is 0.900. The average molecular weight is 514 g/mol. The van der Waals surface area contributed by atoms with E-state index in [4.69, 9.17) is 4.74 Å². The molecule has 0 saturated carbocycles. The molecule has 0 aliphatic heterocycles. The van der Waals surface area contributed by atoms with E-state index in [1.54, 1.807) is 11.9 Å². The molecule has 1 amide bonds. The van der Waals surface area contributed by atoms with Gasteiger partial charge in [0, 0.05) is 32.7 Å². The minimum atomic E-state index is -0.476. The molecular weight excluding hydrogens is 469 g/mol. The van der Waals surface area contributed by atoms with Crippen molar-refractivity contribution in [3.8, 4) is 0 Å². The topological polar surface area (TPSA) is 69.2 Å². The van der Waals surface area contributed by atoms with E-state index in [1.807, 2.05) is 27.7 Å². The highest BCUT2D eigenvalue weighted by Gasteiger charge is 2.20. The lowest BCUT2D eigenvalue weighted by Gasteiger charge is -2.27. The van der Waals surface area contributed by atoms with Crippen LogP contribution in [0.2, 0.25) is 0 Å². The van der Waals surface area contributed by atoms with E-state index in [0.717, 1.165) is 38.4 Å². The van der Waals surface area contributed by atoms with Crippen LogP contribution in [0.15, 0.2) is 4.99 Å². The van der Waals surface area contributed by atoms with Crippen LogP contribution in [0, 0.1) is 0 Å².